The Morgan fingerprint density at radius 3 is 2.50 bits per heavy atom. The zero-order valence-corrected chi connectivity index (χ0v) is 9.32. The maximum Gasteiger partial charge on any atom is 0.389 e. The van der Waals surface area contributed by atoms with Gasteiger partial charge in [0.1, 0.15) is 0 Å². The van der Waals surface area contributed by atoms with Crippen molar-refractivity contribution in [1.82, 2.24) is 0 Å². The minimum absolute atomic E-state index is 0.270. The first-order valence-corrected chi connectivity index (χ1v) is 5.03. The lowest BCUT2D eigenvalue weighted by Gasteiger charge is -2.06. The minimum Gasteiger partial charge on any atom is -0.294 e. The number of hydrogen-bond acceptors (Lipinski definition) is 1. The molecular formula is C11H10ClF3O. The highest BCUT2D eigenvalue weighted by molar-refractivity contribution is 6.31. The van der Waals surface area contributed by atoms with Crippen LogP contribution in [-0.2, 0) is 0 Å². The molecule has 0 unspecified atom stereocenters. The number of halogens is 4. The third kappa shape index (κ3) is 3.85. The Labute approximate surface area is 96.2 Å². The average Bonchev–Trinajstić information content (AvgIpc) is 2.17. The summed E-state index contributed by atoms with van der Waals surface area (Å²) in [6, 6.07) is 4.45. The van der Waals surface area contributed by atoms with E-state index < -0.39 is 24.8 Å². The summed E-state index contributed by atoms with van der Waals surface area (Å²) in [5, 5.41) is 0.493. The van der Waals surface area contributed by atoms with Crippen LogP contribution in [0.4, 0.5) is 13.2 Å². The lowest BCUT2D eigenvalue weighted by atomic mass is 10.0. The zero-order valence-electron chi connectivity index (χ0n) is 8.57. The summed E-state index contributed by atoms with van der Waals surface area (Å²) < 4.78 is 35.7. The number of ketones is 1. The normalized spacial score (nSPS) is 11.6. The van der Waals surface area contributed by atoms with E-state index in [0.717, 1.165) is 0 Å². The van der Waals surface area contributed by atoms with Crippen molar-refractivity contribution in [2.75, 3.05) is 0 Å². The summed E-state index contributed by atoms with van der Waals surface area (Å²) in [5.74, 6) is -0.517. The topological polar surface area (TPSA) is 17.1 Å². The molecule has 0 heterocycles. The van der Waals surface area contributed by atoms with Crippen LogP contribution < -0.4 is 0 Å². The first-order valence-electron chi connectivity index (χ1n) is 4.66. The molecule has 1 aromatic carbocycles. The Morgan fingerprint density at radius 2 is 2.00 bits per heavy atom. The summed E-state index contributed by atoms with van der Waals surface area (Å²) in [6.45, 7) is 1.70. The van der Waals surface area contributed by atoms with E-state index in [1.165, 1.54) is 18.2 Å². The Hall–Kier alpha value is -1.03. The highest BCUT2D eigenvalue weighted by Gasteiger charge is 2.28. The maximum atomic E-state index is 11.9. The van der Waals surface area contributed by atoms with Gasteiger partial charge in [0.25, 0.3) is 0 Å². The molecular weight excluding hydrogens is 241 g/mol. The van der Waals surface area contributed by atoms with E-state index in [-0.39, 0.29) is 5.56 Å². The van der Waals surface area contributed by atoms with Crippen molar-refractivity contribution in [3.63, 3.8) is 0 Å². The van der Waals surface area contributed by atoms with Crippen LogP contribution in [0.1, 0.15) is 28.8 Å². The second-order valence-electron chi connectivity index (χ2n) is 3.50. The van der Waals surface area contributed by atoms with Crippen molar-refractivity contribution in [3.8, 4) is 0 Å². The van der Waals surface area contributed by atoms with Crippen LogP contribution in [-0.4, -0.2) is 12.0 Å². The third-order valence-electron chi connectivity index (χ3n) is 2.12. The van der Waals surface area contributed by atoms with Gasteiger partial charge in [0.2, 0.25) is 0 Å². The van der Waals surface area contributed by atoms with Crippen LogP contribution in [0.3, 0.4) is 0 Å². The summed E-state index contributed by atoms with van der Waals surface area (Å²) in [6.07, 6.45) is -5.91. The number of alkyl halides is 3. The smallest absolute Gasteiger partial charge is 0.294 e. The zero-order chi connectivity index (χ0) is 12.3. The van der Waals surface area contributed by atoms with Crippen molar-refractivity contribution in [2.45, 2.75) is 25.9 Å². The van der Waals surface area contributed by atoms with Crippen molar-refractivity contribution in [2.24, 2.45) is 0 Å². The molecule has 16 heavy (non-hydrogen) atoms. The van der Waals surface area contributed by atoms with Gasteiger partial charge in [0.05, 0.1) is 6.42 Å². The van der Waals surface area contributed by atoms with E-state index in [4.69, 9.17) is 11.6 Å². The van der Waals surface area contributed by atoms with Crippen LogP contribution in [0.15, 0.2) is 18.2 Å². The third-order valence-corrected chi connectivity index (χ3v) is 2.54. The molecule has 1 aromatic rings. The van der Waals surface area contributed by atoms with Gasteiger partial charge < -0.3 is 0 Å². The van der Waals surface area contributed by atoms with E-state index in [0.29, 0.717) is 10.6 Å². The quantitative estimate of drug-likeness (QED) is 0.736. The van der Waals surface area contributed by atoms with E-state index in [1.54, 1.807) is 6.92 Å². The average molecular weight is 251 g/mol. The van der Waals surface area contributed by atoms with E-state index in [1.807, 2.05) is 0 Å². The lowest BCUT2D eigenvalue weighted by molar-refractivity contribution is -0.133. The van der Waals surface area contributed by atoms with Gasteiger partial charge in [-0.2, -0.15) is 13.2 Å². The molecule has 1 rings (SSSR count). The molecule has 0 radical (unpaired) electrons. The molecule has 0 fully saturated rings. The molecule has 0 aliphatic heterocycles. The Balaban J connectivity index is 2.70. The van der Waals surface area contributed by atoms with Crippen molar-refractivity contribution in [3.05, 3.63) is 34.3 Å². The lowest BCUT2D eigenvalue weighted by Crippen LogP contribution is -2.11. The number of hydrogen-bond donors (Lipinski definition) is 0. The van der Waals surface area contributed by atoms with E-state index >= 15 is 0 Å². The van der Waals surface area contributed by atoms with E-state index in [2.05, 4.69) is 0 Å². The van der Waals surface area contributed by atoms with Crippen LogP contribution in [0.2, 0.25) is 5.02 Å². The molecule has 0 aliphatic rings. The van der Waals surface area contributed by atoms with Crippen LogP contribution in [0, 0.1) is 6.92 Å². The second kappa shape index (κ2) is 4.87. The Morgan fingerprint density at radius 1 is 1.38 bits per heavy atom. The van der Waals surface area contributed by atoms with Gasteiger partial charge in [0, 0.05) is 17.0 Å². The number of benzene rings is 1. The summed E-state index contributed by atoms with van der Waals surface area (Å²) in [4.78, 5) is 11.4. The number of carbonyl (C=O) groups excluding carboxylic acids is 1. The van der Waals surface area contributed by atoms with Gasteiger partial charge in [-0.15, -0.1) is 0 Å². The molecule has 1 nitrogen and oxygen atoms in total. The molecule has 0 N–H and O–H groups in total. The molecule has 88 valence electrons. The summed E-state index contributed by atoms with van der Waals surface area (Å²) in [7, 11) is 0. The monoisotopic (exact) mass is 250 g/mol. The fourth-order valence-corrected chi connectivity index (χ4v) is 1.34. The molecule has 0 saturated carbocycles. The van der Waals surface area contributed by atoms with Crippen molar-refractivity contribution < 1.29 is 18.0 Å². The largest absolute Gasteiger partial charge is 0.389 e. The predicted octanol–water partition coefficient (Wildman–Crippen LogP) is 4.17. The molecule has 0 bridgehead atoms. The first kappa shape index (κ1) is 13.0. The Bertz CT molecular complexity index is 399. The highest BCUT2D eigenvalue weighted by Crippen LogP contribution is 2.23. The molecule has 0 aliphatic carbocycles. The van der Waals surface area contributed by atoms with Crippen LogP contribution >= 0.6 is 11.6 Å². The molecule has 0 spiro atoms. The Kier molecular flexibility index (Phi) is 3.97. The van der Waals surface area contributed by atoms with Crippen LogP contribution in [0.5, 0.6) is 0 Å². The number of carbonyl (C=O) groups is 1. The molecule has 0 atom stereocenters. The highest BCUT2D eigenvalue weighted by atomic mass is 35.5. The maximum absolute atomic E-state index is 11.9. The van der Waals surface area contributed by atoms with Crippen molar-refractivity contribution >= 4 is 17.4 Å². The number of rotatable bonds is 3. The summed E-state index contributed by atoms with van der Waals surface area (Å²) >= 11 is 5.74. The van der Waals surface area contributed by atoms with Gasteiger partial charge in [-0.1, -0.05) is 11.6 Å². The standard InChI is InChI=1S/C11H10ClF3O/c1-7-6-8(2-3-9(7)12)10(16)4-5-11(13,14)15/h2-3,6H,4-5H2,1H3. The molecule has 0 saturated heterocycles. The molecule has 0 amide bonds. The number of Topliss-reactive ketones (excluding diaryl/α,β-unsaturated/α-hetero) is 1. The van der Waals surface area contributed by atoms with Crippen molar-refractivity contribution in [1.29, 1.82) is 0 Å². The molecule has 0 aromatic heterocycles. The summed E-state index contributed by atoms with van der Waals surface area (Å²) in [5.41, 5.74) is 0.950. The second-order valence-corrected chi connectivity index (χ2v) is 3.91. The predicted molar refractivity (Wildman–Crippen MR) is 55.8 cm³/mol. The van der Waals surface area contributed by atoms with Gasteiger partial charge in [0.15, 0.2) is 5.78 Å². The van der Waals surface area contributed by atoms with Gasteiger partial charge >= 0.3 is 6.18 Å². The first-order chi connectivity index (χ1) is 7.29. The van der Waals surface area contributed by atoms with Crippen LogP contribution in [0.25, 0.3) is 0 Å². The SMILES string of the molecule is Cc1cc(C(=O)CCC(F)(F)F)ccc1Cl. The minimum atomic E-state index is -4.29. The van der Waals surface area contributed by atoms with E-state index in [9.17, 15) is 18.0 Å². The molecule has 5 heteroatoms. The van der Waals surface area contributed by atoms with Gasteiger partial charge in [-0.05, 0) is 30.7 Å². The fourth-order valence-electron chi connectivity index (χ4n) is 1.22. The van der Waals surface area contributed by atoms with Gasteiger partial charge in [-0.3, -0.25) is 4.79 Å². The number of aryl methyl sites for hydroxylation is 1. The fraction of sp³-hybridized carbons (Fsp3) is 0.364. The van der Waals surface area contributed by atoms with Gasteiger partial charge in [-0.25, -0.2) is 0 Å².